The molecule has 14 nitrogen and oxygen atoms in total. The first-order valence-corrected chi connectivity index (χ1v) is 16.7. The number of rotatable bonds is 5. The third-order valence-electron chi connectivity index (χ3n) is 9.11. The number of nitrogens with two attached hydrogens (primary N) is 2. The number of piperidine rings is 2. The molecule has 1 aromatic carbocycles. The summed E-state index contributed by atoms with van der Waals surface area (Å²) in [5, 5.41) is 6.26. The van der Waals surface area contributed by atoms with Crippen LogP contribution in [0.4, 0.5) is 11.6 Å². The van der Waals surface area contributed by atoms with Crippen LogP contribution in [0.25, 0.3) is 0 Å². The van der Waals surface area contributed by atoms with Crippen LogP contribution in [-0.2, 0) is 10.0 Å². The summed E-state index contributed by atoms with van der Waals surface area (Å²) in [5.41, 5.74) is 11.1. The zero-order chi connectivity index (χ0) is 31.1. The molecule has 236 valence electrons. The average molecular weight is 645 g/mol. The van der Waals surface area contributed by atoms with Crippen molar-refractivity contribution in [1.82, 2.24) is 34.7 Å². The fourth-order valence-electron chi connectivity index (χ4n) is 6.53. The number of nitrogens with one attached hydrogen (secondary N) is 2. The Kier molecular flexibility index (Phi) is 8.39. The molecular formula is C28H37ClN10O4S. The minimum absolute atomic E-state index is 0.0768. The quantitative estimate of drug-likeness (QED) is 0.362. The summed E-state index contributed by atoms with van der Waals surface area (Å²) in [6.45, 7) is 4.58. The molecule has 1 spiro atoms. The third kappa shape index (κ3) is 6.05. The summed E-state index contributed by atoms with van der Waals surface area (Å²) in [5.74, 6) is -0.908. The summed E-state index contributed by atoms with van der Waals surface area (Å²) in [6.07, 6.45) is 5.28. The van der Waals surface area contributed by atoms with Crippen molar-refractivity contribution in [2.45, 2.75) is 55.0 Å². The van der Waals surface area contributed by atoms with Crippen LogP contribution in [0, 0.1) is 0 Å². The summed E-state index contributed by atoms with van der Waals surface area (Å²) in [7, 11) is -3.70. The number of guanidine groups is 1. The Morgan fingerprint density at radius 2 is 1.70 bits per heavy atom. The van der Waals surface area contributed by atoms with E-state index >= 15 is 0 Å². The molecule has 4 aliphatic heterocycles. The smallest absolute Gasteiger partial charge is 0.302 e. The molecule has 0 bridgehead atoms. The van der Waals surface area contributed by atoms with Gasteiger partial charge in [-0.15, -0.1) is 0 Å². The fourth-order valence-corrected chi connectivity index (χ4v) is 8.17. The highest BCUT2D eigenvalue weighted by molar-refractivity contribution is 7.89. The number of aromatic nitrogens is 2. The summed E-state index contributed by atoms with van der Waals surface area (Å²) in [4.78, 5) is 42.3. The highest BCUT2D eigenvalue weighted by Crippen LogP contribution is 2.28. The van der Waals surface area contributed by atoms with E-state index in [2.05, 4.69) is 30.5 Å². The molecule has 0 aliphatic carbocycles. The van der Waals surface area contributed by atoms with Crippen molar-refractivity contribution >= 4 is 51.0 Å². The topological polar surface area (TPSA) is 192 Å². The molecule has 6 N–H and O–H groups in total. The maximum atomic E-state index is 13.5. The van der Waals surface area contributed by atoms with Crippen molar-refractivity contribution in [1.29, 1.82) is 0 Å². The number of hydrogen-bond acceptors (Lipinski definition) is 9. The number of amides is 2. The number of anilines is 2. The number of carbonyl (C=O) groups excluding carboxylic acids is 2. The lowest BCUT2D eigenvalue weighted by atomic mass is 9.88. The van der Waals surface area contributed by atoms with Gasteiger partial charge >= 0.3 is 5.91 Å². The Morgan fingerprint density at radius 3 is 2.41 bits per heavy atom. The molecule has 4 saturated heterocycles. The van der Waals surface area contributed by atoms with Gasteiger partial charge in [0.1, 0.15) is 0 Å². The lowest BCUT2D eigenvalue weighted by Crippen LogP contribution is -2.53. The molecule has 4 aliphatic rings. The van der Waals surface area contributed by atoms with Crippen molar-refractivity contribution in [2.75, 3.05) is 57.3 Å². The van der Waals surface area contributed by atoms with Crippen molar-refractivity contribution < 1.29 is 18.0 Å². The summed E-state index contributed by atoms with van der Waals surface area (Å²) in [6, 6.07) is 6.81. The van der Waals surface area contributed by atoms with Gasteiger partial charge in [-0.25, -0.2) is 18.4 Å². The normalized spacial score (nSPS) is 22.3. The first-order valence-electron chi connectivity index (χ1n) is 14.9. The highest BCUT2D eigenvalue weighted by Gasteiger charge is 2.41. The second-order valence-corrected chi connectivity index (χ2v) is 14.2. The lowest BCUT2D eigenvalue weighted by Gasteiger charge is -2.38. The number of hydrogen-bond donors (Lipinski definition) is 4. The number of halogens is 1. The molecule has 5 heterocycles. The van der Waals surface area contributed by atoms with Gasteiger partial charge in [0.25, 0.3) is 5.91 Å². The molecule has 4 fully saturated rings. The number of benzene rings is 1. The van der Waals surface area contributed by atoms with E-state index in [-0.39, 0.29) is 39.2 Å². The van der Waals surface area contributed by atoms with Crippen LogP contribution < -0.4 is 22.1 Å². The van der Waals surface area contributed by atoms with Crippen molar-refractivity contribution in [3.05, 3.63) is 40.7 Å². The van der Waals surface area contributed by atoms with E-state index in [1.165, 1.54) is 18.9 Å². The maximum absolute atomic E-state index is 13.5. The van der Waals surface area contributed by atoms with E-state index < -0.39 is 21.5 Å². The van der Waals surface area contributed by atoms with Crippen molar-refractivity contribution in [3.8, 4) is 0 Å². The van der Waals surface area contributed by atoms with Crippen LogP contribution in [0.3, 0.4) is 0 Å². The number of nitrogens with zero attached hydrogens (tertiary/aromatic N) is 6. The van der Waals surface area contributed by atoms with E-state index in [0.29, 0.717) is 57.2 Å². The van der Waals surface area contributed by atoms with Crippen LogP contribution in [0.15, 0.2) is 34.2 Å². The Hall–Kier alpha value is -3.53. The Bertz CT molecular complexity index is 1580. The average Bonchev–Trinajstić information content (AvgIpc) is 3.70. The first kappa shape index (κ1) is 30.5. The van der Waals surface area contributed by atoms with Gasteiger partial charge in [0, 0.05) is 44.3 Å². The number of nitrogen functional groups attached to an aromatic ring is 2. The van der Waals surface area contributed by atoms with Gasteiger partial charge in [0.2, 0.25) is 10.0 Å². The maximum Gasteiger partial charge on any atom is 0.302 e. The third-order valence-corrected chi connectivity index (χ3v) is 11.3. The predicted octanol–water partition coefficient (Wildman–Crippen LogP) is 0.907. The standard InChI is InChI=1S/C28H37ClN10O4S/c29-22-24(31)34-23(30)21(33-22)25(40)35-27-32-17-28(36-27)8-14-38(15-9-28)26(41)18-4-3-5-20(16-18)44(42,43)39-12-6-19(7-13-39)37-10-1-2-11-37/h3-5,16,19H,1-2,6-15,17H2,(H4,30,31,34)(H2,32,35,36,40). The summed E-state index contributed by atoms with van der Waals surface area (Å²) >= 11 is 5.89. The molecular weight excluding hydrogens is 608 g/mol. The Balaban J connectivity index is 1.06. The number of likely N-dealkylation sites (tertiary alicyclic amines) is 2. The predicted molar refractivity (Wildman–Crippen MR) is 166 cm³/mol. The van der Waals surface area contributed by atoms with Crippen LogP contribution >= 0.6 is 11.6 Å². The molecule has 44 heavy (non-hydrogen) atoms. The second kappa shape index (κ2) is 12.1. The second-order valence-electron chi connectivity index (χ2n) is 11.9. The van der Waals surface area contributed by atoms with E-state index in [9.17, 15) is 18.0 Å². The van der Waals surface area contributed by atoms with Gasteiger partial charge in [0.05, 0.1) is 10.4 Å². The molecule has 0 radical (unpaired) electrons. The minimum Gasteiger partial charge on any atom is -0.382 e. The van der Waals surface area contributed by atoms with Crippen LogP contribution in [0.2, 0.25) is 5.15 Å². The fraction of sp³-hybridized carbons (Fsp3) is 0.536. The van der Waals surface area contributed by atoms with E-state index in [1.807, 2.05) is 0 Å². The monoisotopic (exact) mass is 644 g/mol. The molecule has 6 rings (SSSR count). The lowest BCUT2D eigenvalue weighted by molar-refractivity contribution is 0.0668. The van der Waals surface area contributed by atoms with Gasteiger partial charge in [-0.05, 0) is 69.8 Å². The Morgan fingerprint density at radius 1 is 1.00 bits per heavy atom. The minimum atomic E-state index is -3.70. The first-order chi connectivity index (χ1) is 21.0. The van der Waals surface area contributed by atoms with Gasteiger partial charge in [-0.3, -0.25) is 9.59 Å². The van der Waals surface area contributed by atoms with E-state index in [1.54, 1.807) is 27.4 Å². The molecule has 16 heteroatoms. The van der Waals surface area contributed by atoms with Crippen LogP contribution in [0.1, 0.15) is 59.4 Å². The number of carbonyl (C=O) groups is 2. The molecule has 0 unspecified atom stereocenters. The molecule has 0 atom stereocenters. The van der Waals surface area contributed by atoms with E-state index in [0.717, 1.165) is 25.9 Å². The Labute approximate surface area is 261 Å². The van der Waals surface area contributed by atoms with Crippen molar-refractivity contribution in [3.63, 3.8) is 0 Å². The van der Waals surface area contributed by atoms with Gasteiger partial charge in [0.15, 0.2) is 28.4 Å². The highest BCUT2D eigenvalue weighted by atomic mass is 35.5. The van der Waals surface area contributed by atoms with Crippen LogP contribution in [-0.4, -0.2) is 108 Å². The number of sulfonamides is 1. The van der Waals surface area contributed by atoms with Gasteiger partial charge < -0.3 is 31.9 Å². The van der Waals surface area contributed by atoms with E-state index in [4.69, 9.17) is 23.1 Å². The molecule has 1 aromatic heterocycles. The molecule has 0 saturated carbocycles. The zero-order valence-corrected chi connectivity index (χ0v) is 25.9. The zero-order valence-electron chi connectivity index (χ0n) is 24.3. The van der Waals surface area contributed by atoms with Gasteiger partial charge in [-0.2, -0.15) is 9.30 Å². The largest absolute Gasteiger partial charge is 0.382 e. The molecule has 2 aromatic rings. The number of aliphatic imine (C=N–C) groups is 1. The van der Waals surface area contributed by atoms with Crippen LogP contribution in [0.5, 0.6) is 0 Å². The van der Waals surface area contributed by atoms with Gasteiger partial charge in [-0.1, -0.05) is 17.7 Å². The van der Waals surface area contributed by atoms with Crippen molar-refractivity contribution in [2.24, 2.45) is 4.99 Å². The SMILES string of the molecule is Nc1nc(N)c(C(=O)/N=C2\NCC3(CCN(C(=O)c4cccc(S(=O)(=O)N5CCC(N6CCCC6)CC5)c4)CC3)N2)nc1Cl. The molecule has 2 amide bonds. The summed E-state index contributed by atoms with van der Waals surface area (Å²) < 4.78 is 28.5.